The molecule has 1 saturated heterocycles. The van der Waals surface area contributed by atoms with Crippen LogP contribution >= 0.6 is 0 Å². The Bertz CT molecular complexity index is 909. The Balaban J connectivity index is 1.62. The molecule has 32 heavy (non-hydrogen) atoms. The van der Waals surface area contributed by atoms with Gasteiger partial charge in [0.05, 0.1) is 25.2 Å². The largest absolute Gasteiger partial charge is 0.493 e. The number of ether oxygens (including phenoxy) is 3. The van der Waals surface area contributed by atoms with Crippen molar-refractivity contribution >= 4 is 5.97 Å². The van der Waals surface area contributed by atoms with Gasteiger partial charge < -0.3 is 14.2 Å². The third-order valence-corrected chi connectivity index (χ3v) is 6.94. The van der Waals surface area contributed by atoms with E-state index in [2.05, 4.69) is 41.3 Å². The molecule has 0 bridgehead atoms. The molecular weight excluding hydrogens is 402 g/mol. The van der Waals surface area contributed by atoms with E-state index < -0.39 is 5.41 Å². The number of carbonyl (C=O) groups excluding carboxylic acids is 1. The van der Waals surface area contributed by atoms with Gasteiger partial charge in [-0.05, 0) is 62.8 Å². The first kappa shape index (κ1) is 22.7. The van der Waals surface area contributed by atoms with Gasteiger partial charge in [0.1, 0.15) is 0 Å². The van der Waals surface area contributed by atoms with Gasteiger partial charge in [-0.1, -0.05) is 36.4 Å². The molecule has 4 rings (SSSR count). The van der Waals surface area contributed by atoms with Gasteiger partial charge >= 0.3 is 5.97 Å². The third kappa shape index (κ3) is 4.78. The quantitative estimate of drug-likeness (QED) is 0.532. The second-order valence-electron chi connectivity index (χ2n) is 9.28. The minimum absolute atomic E-state index is 0.0158. The van der Waals surface area contributed by atoms with Crippen molar-refractivity contribution in [2.75, 3.05) is 26.8 Å². The van der Waals surface area contributed by atoms with Crippen LogP contribution in [-0.4, -0.2) is 43.8 Å². The number of rotatable bonds is 8. The summed E-state index contributed by atoms with van der Waals surface area (Å²) in [6.45, 7) is 6.57. The number of hydrogen-bond donors (Lipinski definition) is 0. The second kappa shape index (κ2) is 9.95. The van der Waals surface area contributed by atoms with Gasteiger partial charge in [-0.3, -0.25) is 9.69 Å². The number of likely N-dealkylation sites (tertiary alicyclic amines) is 1. The maximum atomic E-state index is 13.1. The molecule has 1 heterocycles. The van der Waals surface area contributed by atoms with E-state index in [0.717, 1.165) is 43.0 Å². The van der Waals surface area contributed by atoms with Crippen LogP contribution in [0.5, 0.6) is 11.5 Å². The van der Waals surface area contributed by atoms with E-state index in [1.165, 1.54) is 18.4 Å². The lowest BCUT2D eigenvalue weighted by Crippen LogP contribution is -2.36. The Kier molecular flexibility index (Phi) is 7.04. The van der Waals surface area contributed by atoms with E-state index >= 15 is 0 Å². The molecule has 2 atom stereocenters. The molecule has 1 aliphatic carbocycles. The molecule has 0 unspecified atom stereocenters. The summed E-state index contributed by atoms with van der Waals surface area (Å²) in [5.41, 5.74) is 1.73. The van der Waals surface area contributed by atoms with Gasteiger partial charge in [-0.25, -0.2) is 0 Å². The molecule has 0 aromatic heterocycles. The van der Waals surface area contributed by atoms with Crippen molar-refractivity contribution in [3.8, 4) is 11.5 Å². The van der Waals surface area contributed by atoms with Gasteiger partial charge in [-0.15, -0.1) is 0 Å². The molecule has 0 spiro atoms. The Morgan fingerprint density at radius 1 is 1.09 bits per heavy atom. The SMILES string of the molecule is CCOC(=O)[C@]1(C)CN(Cc2ccccc2)C[C@H]1c1ccc(OC)c(OC2CCCC2)c1. The molecule has 0 N–H and O–H groups in total. The summed E-state index contributed by atoms with van der Waals surface area (Å²) in [7, 11) is 1.68. The number of esters is 1. The van der Waals surface area contributed by atoms with Gasteiger partial charge in [0.2, 0.25) is 0 Å². The molecule has 0 radical (unpaired) electrons. The van der Waals surface area contributed by atoms with Crippen molar-refractivity contribution in [3.05, 3.63) is 59.7 Å². The molecule has 1 saturated carbocycles. The van der Waals surface area contributed by atoms with E-state index in [4.69, 9.17) is 14.2 Å². The van der Waals surface area contributed by atoms with Crippen LogP contribution < -0.4 is 9.47 Å². The van der Waals surface area contributed by atoms with Crippen molar-refractivity contribution < 1.29 is 19.0 Å². The minimum Gasteiger partial charge on any atom is -0.493 e. The normalized spacial score (nSPS) is 23.9. The fraction of sp³-hybridized carbons (Fsp3) is 0.519. The molecule has 5 nitrogen and oxygen atoms in total. The maximum absolute atomic E-state index is 13.1. The molecule has 0 amide bonds. The lowest BCUT2D eigenvalue weighted by Gasteiger charge is -2.29. The highest BCUT2D eigenvalue weighted by Crippen LogP contribution is 2.46. The molecule has 2 aliphatic rings. The summed E-state index contributed by atoms with van der Waals surface area (Å²) < 4.78 is 17.5. The number of hydrogen-bond acceptors (Lipinski definition) is 5. The molecule has 2 aromatic carbocycles. The van der Waals surface area contributed by atoms with E-state index in [-0.39, 0.29) is 18.0 Å². The van der Waals surface area contributed by atoms with Crippen LogP contribution in [-0.2, 0) is 16.1 Å². The summed E-state index contributed by atoms with van der Waals surface area (Å²) in [5, 5.41) is 0. The lowest BCUT2D eigenvalue weighted by atomic mass is 9.76. The Labute approximate surface area is 191 Å². The lowest BCUT2D eigenvalue weighted by molar-refractivity contribution is -0.154. The van der Waals surface area contributed by atoms with Crippen molar-refractivity contribution in [1.29, 1.82) is 0 Å². The smallest absolute Gasteiger partial charge is 0.313 e. The number of carbonyl (C=O) groups is 1. The monoisotopic (exact) mass is 437 g/mol. The summed E-state index contributed by atoms with van der Waals surface area (Å²) in [6.07, 6.45) is 4.84. The number of methoxy groups -OCH3 is 1. The molecule has 1 aliphatic heterocycles. The van der Waals surface area contributed by atoms with Crippen LogP contribution in [0.4, 0.5) is 0 Å². The highest BCUT2D eigenvalue weighted by molar-refractivity contribution is 5.79. The zero-order chi connectivity index (χ0) is 22.6. The Morgan fingerprint density at radius 3 is 2.53 bits per heavy atom. The van der Waals surface area contributed by atoms with E-state index in [9.17, 15) is 4.79 Å². The Morgan fingerprint density at radius 2 is 1.84 bits per heavy atom. The van der Waals surface area contributed by atoms with E-state index in [1.807, 2.05) is 26.0 Å². The van der Waals surface area contributed by atoms with Gasteiger partial charge in [0, 0.05) is 25.6 Å². The fourth-order valence-electron chi connectivity index (χ4n) is 5.22. The number of benzene rings is 2. The van der Waals surface area contributed by atoms with Crippen molar-refractivity contribution in [2.45, 2.75) is 58.1 Å². The molecule has 172 valence electrons. The predicted octanol–water partition coefficient (Wildman–Crippen LogP) is 5.19. The van der Waals surface area contributed by atoms with Crippen LogP contribution in [0.15, 0.2) is 48.5 Å². The van der Waals surface area contributed by atoms with Crippen LogP contribution in [0, 0.1) is 5.41 Å². The fourth-order valence-corrected chi connectivity index (χ4v) is 5.22. The first-order valence-electron chi connectivity index (χ1n) is 11.8. The molecular formula is C27H35NO4. The molecule has 2 aromatic rings. The predicted molar refractivity (Wildman–Crippen MR) is 125 cm³/mol. The first-order chi connectivity index (χ1) is 15.5. The average molecular weight is 438 g/mol. The van der Waals surface area contributed by atoms with Gasteiger partial charge in [0.15, 0.2) is 11.5 Å². The Hall–Kier alpha value is -2.53. The maximum Gasteiger partial charge on any atom is 0.313 e. The van der Waals surface area contributed by atoms with Gasteiger partial charge in [0.25, 0.3) is 0 Å². The van der Waals surface area contributed by atoms with Crippen LogP contribution in [0.25, 0.3) is 0 Å². The molecule has 2 fully saturated rings. The summed E-state index contributed by atoms with van der Waals surface area (Å²) in [5.74, 6) is 1.42. The highest BCUT2D eigenvalue weighted by Gasteiger charge is 2.50. The number of nitrogens with zero attached hydrogens (tertiary/aromatic N) is 1. The summed E-state index contributed by atoms with van der Waals surface area (Å²) in [4.78, 5) is 15.5. The zero-order valence-electron chi connectivity index (χ0n) is 19.5. The zero-order valence-corrected chi connectivity index (χ0v) is 19.5. The topological polar surface area (TPSA) is 48.0 Å². The summed E-state index contributed by atoms with van der Waals surface area (Å²) in [6, 6.07) is 16.6. The first-order valence-corrected chi connectivity index (χ1v) is 11.8. The van der Waals surface area contributed by atoms with Crippen LogP contribution in [0.2, 0.25) is 0 Å². The summed E-state index contributed by atoms with van der Waals surface area (Å²) >= 11 is 0. The van der Waals surface area contributed by atoms with Crippen molar-refractivity contribution in [2.24, 2.45) is 5.41 Å². The van der Waals surface area contributed by atoms with Crippen LogP contribution in [0.3, 0.4) is 0 Å². The van der Waals surface area contributed by atoms with Crippen molar-refractivity contribution in [3.63, 3.8) is 0 Å². The minimum atomic E-state index is -0.621. The third-order valence-electron chi connectivity index (χ3n) is 6.94. The standard InChI is InChI=1S/C27H35NO4/c1-4-31-26(29)27(2)19-28(17-20-10-6-5-7-11-20)18-23(27)21-14-15-24(30-3)25(16-21)32-22-12-8-9-13-22/h5-7,10-11,14-16,22-23H,4,8-9,12-13,17-19H2,1-3H3/t23-,27+/m0/s1. The highest BCUT2D eigenvalue weighted by atomic mass is 16.5. The van der Waals surface area contributed by atoms with E-state index in [0.29, 0.717) is 13.2 Å². The molecule has 5 heteroatoms. The van der Waals surface area contributed by atoms with Crippen LogP contribution in [0.1, 0.15) is 56.6 Å². The van der Waals surface area contributed by atoms with Gasteiger partial charge in [-0.2, -0.15) is 0 Å². The second-order valence-corrected chi connectivity index (χ2v) is 9.28. The average Bonchev–Trinajstić information content (AvgIpc) is 3.43. The van der Waals surface area contributed by atoms with Crippen molar-refractivity contribution in [1.82, 2.24) is 4.90 Å². The van der Waals surface area contributed by atoms with E-state index in [1.54, 1.807) is 7.11 Å².